The van der Waals surface area contributed by atoms with Crippen LogP contribution in [-0.4, -0.2) is 9.85 Å². The molecule has 0 aromatic heterocycles. The number of anilines is 1. The lowest BCUT2D eigenvalue weighted by Crippen LogP contribution is -1.94. The summed E-state index contributed by atoms with van der Waals surface area (Å²) in [5, 5.41) is 29.4. The van der Waals surface area contributed by atoms with E-state index in [1.54, 1.807) is 13.8 Å². The summed E-state index contributed by atoms with van der Waals surface area (Å²) >= 11 is 11.2. The molecule has 8 nitrogen and oxygen atoms in total. The molecule has 0 bridgehead atoms. The molecule has 0 fully saturated rings. The topological polar surface area (TPSA) is 136 Å². The van der Waals surface area contributed by atoms with Gasteiger partial charge < -0.3 is 5.73 Å². The standard InChI is InChI=1S/C8H5ClN2O2.C7H7ClN2O2/c1-5-2-8(11(12)13)7(9)3-6(5)4-10;1-4-2-7(10(11)12)5(8)3-6(4)9/h2-3H,1H3;2-3H,9H2,1H3. The third kappa shape index (κ3) is 5.04. The minimum atomic E-state index is -0.573. The molecule has 0 spiro atoms. The molecule has 2 N–H and O–H groups in total. The van der Waals surface area contributed by atoms with Gasteiger partial charge in [0.25, 0.3) is 11.4 Å². The molecular weight excluding hydrogens is 371 g/mol. The fraction of sp³-hybridized carbons (Fsp3) is 0.133. The summed E-state index contributed by atoms with van der Waals surface area (Å²) in [6, 6.07) is 7.23. The van der Waals surface area contributed by atoms with Gasteiger partial charge in [0.05, 0.1) is 21.5 Å². The molecule has 2 rings (SSSR count). The van der Waals surface area contributed by atoms with Gasteiger partial charge in [-0.05, 0) is 37.1 Å². The molecule has 0 radical (unpaired) electrons. The number of nitrogens with zero attached hydrogens (tertiary/aromatic N) is 3. The van der Waals surface area contributed by atoms with Gasteiger partial charge in [-0.2, -0.15) is 5.26 Å². The molecule has 0 saturated carbocycles. The summed E-state index contributed by atoms with van der Waals surface area (Å²) in [5.74, 6) is 0. The number of aryl methyl sites for hydroxylation is 2. The number of nitrogens with two attached hydrogens (primary N) is 1. The Morgan fingerprint density at radius 3 is 1.84 bits per heavy atom. The van der Waals surface area contributed by atoms with Gasteiger partial charge in [-0.3, -0.25) is 20.2 Å². The predicted octanol–water partition coefficient (Wildman–Crippen LogP) is 4.57. The summed E-state index contributed by atoms with van der Waals surface area (Å²) in [7, 11) is 0. The minimum Gasteiger partial charge on any atom is -0.398 e. The van der Waals surface area contributed by atoms with Crippen LogP contribution in [0.25, 0.3) is 0 Å². The highest BCUT2D eigenvalue weighted by atomic mass is 35.5. The Balaban J connectivity index is 0.000000251. The number of hydrogen-bond donors (Lipinski definition) is 1. The highest BCUT2D eigenvalue weighted by molar-refractivity contribution is 6.33. The van der Waals surface area contributed by atoms with Crippen molar-refractivity contribution in [3.63, 3.8) is 0 Å². The third-order valence-corrected chi connectivity index (χ3v) is 3.75. The Morgan fingerprint density at radius 1 is 0.960 bits per heavy atom. The van der Waals surface area contributed by atoms with E-state index in [-0.39, 0.29) is 21.4 Å². The zero-order chi connectivity index (χ0) is 19.3. The van der Waals surface area contributed by atoms with Crippen molar-refractivity contribution in [1.29, 1.82) is 5.26 Å². The lowest BCUT2D eigenvalue weighted by Gasteiger charge is -2.00. The first-order valence-electron chi connectivity index (χ1n) is 6.63. The monoisotopic (exact) mass is 382 g/mol. The van der Waals surface area contributed by atoms with Crippen LogP contribution >= 0.6 is 23.2 Å². The van der Waals surface area contributed by atoms with Gasteiger partial charge in [-0.25, -0.2) is 0 Å². The van der Waals surface area contributed by atoms with E-state index >= 15 is 0 Å². The van der Waals surface area contributed by atoms with Gasteiger partial charge in [0.2, 0.25) is 0 Å². The summed E-state index contributed by atoms with van der Waals surface area (Å²) < 4.78 is 0. The normalized spacial score (nSPS) is 9.56. The van der Waals surface area contributed by atoms with Crippen molar-refractivity contribution in [2.45, 2.75) is 13.8 Å². The molecule has 0 saturated heterocycles. The number of nitro benzene ring substituents is 2. The summed E-state index contributed by atoms with van der Waals surface area (Å²) in [6.07, 6.45) is 0. The smallest absolute Gasteiger partial charge is 0.288 e. The fourth-order valence-corrected chi connectivity index (χ4v) is 2.22. The van der Waals surface area contributed by atoms with Crippen LogP contribution in [0, 0.1) is 45.4 Å². The van der Waals surface area contributed by atoms with Gasteiger partial charge >= 0.3 is 0 Å². The first kappa shape index (κ1) is 20.2. The van der Waals surface area contributed by atoms with E-state index in [1.807, 2.05) is 6.07 Å². The highest BCUT2D eigenvalue weighted by Crippen LogP contribution is 2.29. The molecule has 10 heteroatoms. The largest absolute Gasteiger partial charge is 0.398 e. The Kier molecular flexibility index (Phi) is 6.68. The summed E-state index contributed by atoms with van der Waals surface area (Å²) in [6.45, 7) is 3.32. The number of hydrogen-bond acceptors (Lipinski definition) is 6. The maximum absolute atomic E-state index is 10.4. The highest BCUT2D eigenvalue weighted by Gasteiger charge is 2.14. The van der Waals surface area contributed by atoms with Crippen LogP contribution in [0.2, 0.25) is 10.0 Å². The van der Waals surface area contributed by atoms with Gasteiger partial charge in [0.1, 0.15) is 10.0 Å². The minimum absolute atomic E-state index is 0.00727. The summed E-state index contributed by atoms with van der Waals surface area (Å²) in [5.41, 5.74) is 7.24. The van der Waals surface area contributed by atoms with Crippen LogP contribution in [0.3, 0.4) is 0 Å². The van der Waals surface area contributed by atoms with E-state index in [1.165, 1.54) is 24.3 Å². The SMILES string of the molecule is Cc1cc([N+](=O)[O-])c(Cl)cc1C#N.Cc1cc([N+](=O)[O-])c(Cl)cc1N. The number of benzene rings is 2. The van der Waals surface area contributed by atoms with Crippen molar-refractivity contribution in [1.82, 2.24) is 0 Å². The van der Waals surface area contributed by atoms with Crippen LogP contribution < -0.4 is 5.73 Å². The molecule has 2 aromatic carbocycles. The Bertz CT molecular complexity index is 894. The molecule has 0 aliphatic heterocycles. The average Bonchev–Trinajstić information content (AvgIpc) is 2.52. The molecule has 0 unspecified atom stereocenters. The molecule has 0 aliphatic rings. The van der Waals surface area contributed by atoms with E-state index < -0.39 is 9.85 Å². The molecule has 0 atom stereocenters. The van der Waals surface area contributed by atoms with Crippen LogP contribution in [0.5, 0.6) is 0 Å². The third-order valence-electron chi connectivity index (χ3n) is 3.14. The quantitative estimate of drug-likeness (QED) is 0.458. The van der Waals surface area contributed by atoms with E-state index in [2.05, 4.69) is 0 Å². The van der Waals surface area contributed by atoms with Crippen molar-refractivity contribution >= 4 is 40.3 Å². The van der Waals surface area contributed by atoms with Crippen molar-refractivity contribution in [2.75, 3.05) is 5.73 Å². The second kappa shape index (κ2) is 8.28. The van der Waals surface area contributed by atoms with Gasteiger partial charge in [0, 0.05) is 17.8 Å². The zero-order valence-electron chi connectivity index (χ0n) is 13.1. The van der Waals surface area contributed by atoms with Crippen molar-refractivity contribution in [2.24, 2.45) is 0 Å². The molecule has 0 amide bonds. The maximum Gasteiger partial charge on any atom is 0.288 e. The van der Waals surface area contributed by atoms with Gasteiger partial charge in [0.15, 0.2) is 0 Å². The van der Waals surface area contributed by atoms with Crippen LogP contribution in [0.1, 0.15) is 16.7 Å². The first-order valence-corrected chi connectivity index (χ1v) is 7.38. The molecule has 130 valence electrons. The van der Waals surface area contributed by atoms with Crippen molar-refractivity contribution in [3.8, 4) is 6.07 Å². The first-order chi connectivity index (χ1) is 11.6. The second-order valence-corrected chi connectivity index (χ2v) is 5.72. The van der Waals surface area contributed by atoms with Crippen molar-refractivity contribution < 1.29 is 9.85 Å². The fourth-order valence-electron chi connectivity index (χ4n) is 1.75. The van der Waals surface area contributed by atoms with E-state index in [0.717, 1.165) is 0 Å². The number of halogens is 2. The number of nitrogen functional groups attached to an aromatic ring is 1. The number of rotatable bonds is 2. The lowest BCUT2D eigenvalue weighted by atomic mass is 10.1. The Hall–Kier alpha value is -2.89. The van der Waals surface area contributed by atoms with Crippen LogP contribution in [-0.2, 0) is 0 Å². The molecule has 2 aromatic rings. The van der Waals surface area contributed by atoms with E-state index in [4.69, 9.17) is 34.2 Å². The Labute approximate surface area is 152 Å². The van der Waals surface area contributed by atoms with Crippen molar-refractivity contribution in [3.05, 3.63) is 71.2 Å². The number of nitriles is 1. The lowest BCUT2D eigenvalue weighted by molar-refractivity contribution is -0.384. The van der Waals surface area contributed by atoms with Gasteiger partial charge in [-0.1, -0.05) is 23.2 Å². The second-order valence-electron chi connectivity index (χ2n) is 4.90. The zero-order valence-corrected chi connectivity index (χ0v) is 14.6. The maximum atomic E-state index is 10.4. The average molecular weight is 383 g/mol. The molecule has 0 aliphatic carbocycles. The van der Waals surface area contributed by atoms with Crippen LogP contribution in [0.15, 0.2) is 24.3 Å². The molecule has 0 heterocycles. The van der Waals surface area contributed by atoms with E-state index in [0.29, 0.717) is 22.4 Å². The van der Waals surface area contributed by atoms with E-state index in [9.17, 15) is 20.2 Å². The molecular formula is C15H12Cl2N4O4. The molecule has 25 heavy (non-hydrogen) atoms. The Morgan fingerprint density at radius 2 is 1.40 bits per heavy atom. The number of nitro groups is 2. The van der Waals surface area contributed by atoms with Crippen LogP contribution in [0.4, 0.5) is 17.1 Å². The predicted molar refractivity (Wildman–Crippen MR) is 94.8 cm³/mol. The van der Waals surface area contributed by atoms with Gasteiger partial charge in [-0.15, -0.1) is 0 Å². The summed E-state index contributed by atoms with van der Waals surface area (Å²) in [4.78, 5) is 19.7.